The molecule has 0 atom stereocenters. The number of rotatable bonds is 6. The molecule has 2 aromatic rings. The summed E-state index contributed by atoms with van der Waals surface area (Å²) < 4.78 is 22.5. The summed E-state index contributed by atoms with van der Waals surface area (Å²) in [5.41, 5.74) is 2.42. The van der Waals surface area contributed by atoms with E-state index < -0.39 is 9.84 Å². The van der Waals surface area contributed by atoms with E-state index in [1.54, 1.807) is 49.5 Å². The van der Waals surface area contributed by atoms with Crippen molar-refractivity contribution in [2.75, 3.05) is 13.3 Å². The van der Waals surface area contributed by atoms with Crippen molar-refractivity contribution in [1.82, 2.24) is 10.6 Å². The van der Waals surface area contributed by atoms with Crippen molar-refractivity contribution >= 4 is 21.7 Å². The van der Waals surface area contributed by atoms with Gasteiger partial charge in [0, 0.05) is 31.0 Å². The van der Waals surface area contributed by atoms with Gasteiger partial charge in [0.1, 0.15) is 0 Å². The molecule has 0 bridgehead atoms. The number of carbonyl (C=O) groups is 2. The SMILES string of the molecule is CNC(=O)c1cccc(CNC(=O)c2ccc(CS(C)(=O)=O)cc2)c1. The normalized spacial score (nSPS) is 11.0. The Kier molecular flexibility index (Phi) is 5.93. The van der Waals surface area contributed by atoms with Crippen LogP contribution in [0.15, 0.2) is 48.5 Å². The molecule has 7 heteroatoms. The van der Waals surface area contributed by atoms with Gasteiger partial charge in [0.05, 0.1) is 5.75 Å². The van der Waals surface area contributed by atoms with Crippen LogP contribution in [-0.4, -0.2) is 33.5 Å². The summed E-state index contributed by atoms with van der Waals surface area (Å²) in [6.07, 6.45) is 1.17. The highest BCUT2D eigenvalue weighted by Crippen LogP contribution is 2.09. The van der Waals surface area contributed by atoms with E-state index in [4.69, 9.17) is 0 Å². The van der Waals surface area contributed by atoms with E-state index in [2.05, 4.69) is 10.6 Å². The summed E-state index contributed by atoms with van der Waals surface area (Å²) in [7, 11) is -1.54. The fraction of sp³-hybridized carbons (Fsp3) is 0.222. The maximum absolute atomic E-state index is 12.2. The Bertz CT molecular complexity index is 874. The van der Waals surface area contributed by atoms with E-state index in [1.165, 1.54) is 6.26 Å². The molecule has 0 fully saturated rings. The molecule has 0 spiro atoms. The monoisotopic (exact) mass is 360 g/mol. The van der Waals surface area contributed by atoms with Gasteiger partial charge in [0.2, 0.25) is 0 Å². The number of nitrogens with one attached hydrogen (secondary N) is 2. The molecule has 132 valence electrons. The summed E-state index contributed by atoms with van der Waals surface area (Å²) in [5, 5.41) is 5.33. The lowest BCUT2D eigenvalue weighted by molar-refractivity contribution is 0.0948. The first kappa shape index (κ1) is 18.7. The molecule has 0 aromatic heterocycles. The topological polar surface area (TPSA) is 92.3 Å². The fourth-order valence-corrected chi connectivity index (χ4v) is 3.10. The van der Waals surface area contributed by atoms with Crippen LogP contribution in [0.1, 0.15) is 31.8 Å². The van der Waals surface area contributed by atoms with Gasteiger partial charge < -0.3 is 10.6 Å². The number of hydrogen-bond donors (Lipinski definition) is 2. The predicted molar refractivity (Wildman–Crippen MR) is 96.0 cm³/mol. The second kappa shape index (κ2) is 7.94. The Morgan fingerprint density at radius 2 is 1.60 bits per heavy atom. The molecular formula is C18H20N2O4S. The Morgan fingerprint density at radius 1 is 0.920 bits per heavy atom. The summed E-state index contributed by atoms with van der Waals surface area (Å²) >= 11 is 0. The molecule has 0 aliphatic carbocycles. The van der Waals surface area contributed by atoms with Crippen molar-refractivity contribution in [3.63, 3.8) is 0 Å². The molecule has 25 heavy (non-hydrogen) atoms. The quantitative estimate of drug-likeness (QED) is 0.817. The van der Waals surface area contributed by atoms with E-state index in [1.807, 2.05) is 6.07 Å². The predicted octanol–water partition coefficient (Wildman–Crippen LogP) is 1.52. The van der Waals surface area contributed by atoms with Crippen LogP contribution in [0.2, 0.25) is 0 Å². The van der Waals surface area contributed by atoms with Crippen molar-refractivity contribution in [3.05, 3.63) is 70.8 Å². The third kappa shape index (κ3) is 5.72. The van der Waals surface area contributed by atoms with Crippen LogP contribution >= 0.6 is 0 Å². The second-order valence-electron chi connectivity index (χ2n) is 5.73. The fourth-order valence-electron chi connectivity index (χ4n) is 2.31. The van der Waals surface area contributed by atoms with Crippen LogP contribution in [-0.2, 0) is 22.1 Å². The Balaban J connectivity index is 1.99. The molecule has 6 nitrogen and oxygen atoms in total. The van der Waals surface area contributed by atoms with Gasteiger partial charge in [-0.1, -0.05) is 24.3 Å². The minimum absolute atomic E-state index is 0.0544. The third-order valence-electron chi connectivity index (χ3n) is 3.51. The third-order valence-corrected chi connectivity index (χ3v) is 4.37. The zero-order valence-electron chi connectivity index (χ0n) is 14.1. The van der Waals surface area contributed by atoms with Gasteiger partial charge in [-0.25, -0.2) is 8.42 Å². The average molecular weight is 360 g/mol. The lowest BCUT2D eigenvalue weighted by Gasteiger charge is -2.08. The molecule has 0 saturated heterocycles. The smallest absolute Gasteiger partial charge is 0.251 e. The molecule has 2 aromatic carbocycles. The summed E-state index contributed by atoms with van der Waals surface area (Å²) in [4.78, 5) is 23.8. The van der Waals surface area contributed by atoms with Gasteiger partial charge >= 0.3 is 0 Å². The standard InChI is InChI=1S/C18H20N2O4S/c1-19-17(21)16-5-3-4-14(10-16)11-20-18(22)15-8-6-13(7-9-15)12-25(2,23)24/h3-10H,11-12H2,1-2H3,(H,19,21)(H,20,22). The molecule has 0 heterocycles. The van der Waals surface area contributed by atoms with Crippen molar-refractivity contribution in [2.45, 2.75) is 12.3 Å². The highest BCUT2D eigenvalue weighted by atomic mass is 32.2. The van der Waals surface area contributed by atoms with Gasteiger partial charge in [-0.05, 0) is 35.4 Å². The minimum atomic E-state index is -3.10. The zero-order chi connectivity index (χ0) is 18.4. The van der Waals surface area contributed by atoms with Crippen LogP contribution in [0.5, 0.6) is 0 Å². The molecule has 2 rings (SSSR count). The number of sulfone groups is 1. The number of benzene rings is 2. The summed E-state index contributed by atoms with van der Waals surface area (Å²) in [5.74, 6) is -0.507. The minimum Gasteiger partial charge on any atom is -0.355 e. The highest BCUT2D eigenvalue weighted by Gasteiger charge is 2.09. The van der Waals surface area contributed by atoms with Crippen molar-refractivity contribution in [3.8, 4) is 0 Å². The first-order valence-corrected chi connectivity index (χ1v) is 9.70. The van der Waals surface area contributed by atoms with Gasteiger partial charge in [-0.2, -0.15) is 0 Å². The molecular weight excluding hydrogens is 340 g/mol. The number of carbonyl (C=O) groups excluding carboxylic acids is 2. The maximum Gasteiger partial charge on any atom is 0.251 e. The summed E-state index contributed by atoms with van der Waals surface area (Å²) in [6, 6.07) is 13.4. The van der Waals surface area contributed by atoms with Crippen LogP contribution in [0.25, 0.3) is 0 Å². The molecule has 0 unspecified atom stereocenters. The Hall–Kier alpha value is -2.67. The molecule has 0 aliphatic rings. The molecule has 0 aliphatic heterocycles. The van der Waals surface area contributed by atoms with E-state index in [-0.39, 0.29) is 24.1 Å². The Labute approximate surface area is 147 Å². The van der Waals surface area contributed by atoms with Crippen molar-refractivity contribution in [1.29, 1.82) is 0 Å². The lowest BCUT2D eigenvalue weighted by Crippen LogP contribution is -2.23. The Morgan fingerprint density at radius 3 is 2.20 bits per heavy atom. The molecule has 0 radical (unpaired) electrons. The van der Waals surface area contributed by atoms with Gasteiger partial charge in [0.15, 0.2) is 9.84 Å². The van der Waals surface area contributed by atoms with E-state index in [0.717, 1.165) is 5.56 Å². The second-order valence-corrected chi connectivity index (χ2v) is 7.87. The van der Waals surface area contributed by atoms with Gasteiger partial charge in [-0.3, -0.25) is 9.59 Å². The average Bonchev–Trinajstić information content (AvgIpc) is 2.58. The maximum atomic E-state index is 12.2. The van der Waals surface area contributed by atoms with Crippen molar-refractivity contribution in [2.24, 2.45) is 0 Å². The first-order chi connectivity index (χ1) is 11.8. The van der Waals surface area contributed by atoms with E-state index >= 15 is 0 Å². The number of hydrogen-bond acceptors (Lipinski definition) is 4. The van der Waals surface area contributed by atoms with E-state index in [9.17, 15) is 18.0 Å². The van der Waals surface area contributed by atoms with Crippen LogP contribution < -0.4 is 10.6 Å². The summed E-state index contributed by atoms with van der Waals surface area (Å²) in [6.45, 7) is 0.286. The lowest BCUT2D eigenvalue weighted by atomic mass is 10.1. The van der Waals surface area contributed by atoms with Crippen LogP contribution in [0.3, 0.4) is 0 Å². The van der Waals surface area contributed by atoms with Crippen molar-refractivity contribution < 1.29 is 18.0 Å². The van der Waals surface area contributed by atoms with E-state index in [0.29, 0.717) is 16.7 Å². The first-order valence-electron chi connectivity index (χ1n) is 7.64. The largest absolute Gasteiger partial charge is 0.355 e. The molecule has 2 amide bonds. The highest BCUT2D eigenvalue weighted by molar-refractivity contribution is 7.89. The molecule has 0 saturated carbocycles. The molecule has 2 N–H and O–H groups in total. The number of amides is 2. The zero-order valence-corrected chi connectivity index (χ0v) is 14.9. The van der Waals surface area contributed by atoms with Gasteiger partial charge in [0.25, 0.3) is 11.8 Å². The van der Waals surface area contributed by atoms with Gasteiger partial charge in [-0.15, -0.1) is 0 Å². The van der Waals surface area contributed by atoms with Crippen LogP contribution in [0.4, 0.5) is 0 Å². The van der Waals surface area contributed by atoms with Crippen LogP contribution in [0, 0.1) is 0 Å².